The Bertz CT molecular complexity index is 653. The van der Waals surface area contributed by atoms with Gasteiger partial charge in [0, 0.05) is 29.0 Å². The predicted molar refractivity (Wildman–Crippen MR) is 93.8 cm³/mol. The molecule has 1 aromatic carbocycles. The third-order valence-corrected chi connectivity index (χ3v) is 4.38. The Morgan fingerprint density at radius 3 is 2.95 bits per heavy atom. The van der Waals surface area contributed by atoms with Crippen LogP contribution in [0.5, 0.6) is 0 Å². The third-order valence-electron chi connectivity index (χ3n) is 3.89. The number of nitrogens with zero attached hydrogens (tertiary/aromatic N) is 1. The van der Waals surface area contributed by atoms with E-state index in [-0.39, 0.29) is 24.4 Å². The zero-order valence-electron chi connectivity index (χ0n) is 12.5. The minimum atomic E-state index is -0.00197. The largest absolute Gasteiger partial charge is 0.451 e. The summed E-state index contributed by atoms with van der Waals surface area (Å²) in [6.07, 6.45) is 1.96. The molecular weight excluding hydrogens is 368 g/mol. The normalized spacial score (nSPS) is 17.5. The number of benzene rings is 1. The van der Waals surface area contributed by atoms with Crippen molar-refractivity contribution in [2.24, 2.45) is 0 Å². The highest BCUT2D eigenvalue weighted by atomic mass is 79.9. The van der Waals surface area contributed by atoms with Gasteiger partial charge in [0.1, 0.15) is 5.58 Å². The Morgan fingerprint density at radius 2 is 2.27 bits per heavy atom. The van der Waals surface area contributed by atoms with Crippen LogP contribution in [0.3, 0.4) is 0 Å². The van der Waals surface area contributed by atoms with Crippen LogP contribution in [0, 0.1) is 0 Å². The van der Waals surface area contributed by atoms with Gasteiger partial charge < -0.3 is 14.6 Å². The maximum absolute atomic E-state index is 12.8. The average Bonchev–Trinajstić information content (AvgIpc) is 3.12. The number of nitrogens with one attached hydrogen (secondary N) is 1. The molecular formula is C16H20BrClN2O2. The summed E-state index contributed by atoms with van der Waals surface area (Å²) in [5.74, 6) is 0.432. The molecule has 2 aromatic rings. The van der Waals surface area contributed by atoms with Crippen LogP contribution in [0.4, 0.5) is 0 Å². The quantitative estimate of drug-likeness (QED) is 0.867. The molecule has 1 amide bonds. The summed E-state index contributed by atoms with van der Waals surface area (Å²) in [7, 11) is 0. The molecule has 0 radical (unpaired) electrons. The number of furan rings is 1. The zero-order chi connectivity index (χ0) is 14.8. The molecule has 1 aliphatic rings. The van der Waals surface area contributed by atoms with Gasteiger partial charge in [-0.3, -0.25) is 4.79 Å². The van der Waals surface area contributed by atoms with Crippen LogP contribution in [0.25, 0.3) is 11.0 Å². The van der Waals surface area contributed by atoms with Crippen molar-refractivity contribution in [1.29, 1.82) is 0 Å². The van der Waals surface area contributed by atoms with Gasteiger partial charge in [-0.2, -0.15) is 0 Å². The standard InChI is InChI=1S/C16H19BrN2O2.ClH/c1-2-7-19(13-5-6-18-10-13)16(20)15-9-11-8-12(17)3-4-14(11)21-15;/h3-4,8-9,13,18H,2,5-7,10H2,1H3;1H. The highest BCUT2D eigenvalue weighted by Gasteiger charge is 2.28. The molecule has 0 saturated carbocycles. The molecule has 1 N–H and O–H groups in total. The van der Waals surface area contributed by atoms with E-state index in [4.69, 9.17) is 4.42 Å². The van der Waals surface area contributed by atoms with E-state index in [1.807, 2.05) is 29.2 Å². The smallest absolute Gasteiger partial charge is 0.289 e. The summed E-state index contributed by atoms with van der Waals surface area (Å²) in [6, 6.07) is 7.89. The molecule has 2 heterocycles. The van der Waals surface area contributed by atoms with Crippen molar-refractivity contribution in [3.05, 3.63) is 34.5 Å². The van der Waals surface area contributed by atoms with E-state index < -0.39 is 0 Å². The highest BCUT2D eigenvalue weighted by Crippen LogP contribution is 2.25. The van der Waals surface area contributed by atoms with Crippen molar-refractivity contribution in [2.75, 3.05) is 19.6 Å². The molecule has 1 aliphatic heterocycles. The first-order chi connectivity index (χ1) is 10.2. The van der Waals surface area contributed by atoms with E-state index in [0.717, 1.165) is 47.9 Å². The lowest BCUT2D eigenvalue weighted by Gasteiger charge is -2.27. The Labute approximate surface area is 144 Å². The summed E-state index contributed by atoms with van der Waals surface area (Å²) in [4.78, 5) is 14.7. The summed E-state index contributed by atoms with van der Waals surface area (Å²) in [5.41, 5.74) is 0.752. The van der Waals surface area contributed by atoms with E-state index >= 15 is 0 Å². The molecule has 4 nitrogen and oxygen atoms in total. The van der Waals surface area contributed by atoms with Crippen LogP contribution >= 0.6 is 28.3 Å². The van der Waals surface area contributed by atoms with E-state index in [1.165, 1.54) is 0 Å². The van der Waals surface area contributed by atoms with Crippen LogP contribution in [0.2, 0.25) is 0 Å². The Hall–Kier alpha value is -1.04. The SMILES string of the molecule is CCCN(C(=O)c1cc2cc(Br)ccc2o1)C1CCNC1.Cl. The second kappa shape index (κ2) is 7.49. The zero-order valence-corrected chi connectivity index (χ0v) is 14.9. The lowest BCUT2D eigenvalue weighted by atomic mass is 10.2. The molecule has 0 spiro atoms. The van der Waals surface area contributed by atoms with Gasteiger partial charge in [-0.1, -0.05) is 22.9 Å². The third kappa shape index (κ3) is 3.47. The molecule has 0 bridgehead atoms. The van der Waals surface area contributed by atoms with Crippen molar-refractivity contribution in [1.82, 2.24) is 10.2 Å². The van der Waals surface area contributed by atoms with Gasteiger partial charge >= 0.3 is 0 Å². The number of carbonyl (C=O) groups excluding carboxylic acids is 1. The Balaban J connectivity index is 0.00000176. The monoisotopic (exact) mass is 386 g/mol. The summed E-state index contributed by atoms with van der Waals surface area (Å²) in [5, 5.41) is 4.27. The second-order valence-electron chi connectivity index (χ2n) is 5.44. The summed E-state index contributed by atoms with van der Waals surface area (Å²) >= 11 is 3.44. The van der Waals surface area contributed by atoms with Gasteiger partial charge in [-0.05, 0) is 43.7 Å². The number of carbonyl (C=O) groups is 1. The molecule has 1 fully saturated rings. The fourth-order valence-electron chi connectivity index (χ4n) is 2.86. The predicted octanol–water partition coefficient (Wildman–Crippen LogP) is 3.83. The van der Waals surface area contributed by atoms with Crippen LogP contribution < -0.4 is 5.32 Å². The molecule has 6 heteroatoms. The molecule has 120 valence electrons. The Kier molecular flexibility index (Phi) is 5.89. The van der Waals surface area contributed by atoms with Gasteiger partial charge in [0.25, 0.3) is 5.91 Å². The molecule has 1 unspecified atom stereocenters. The van der Waals surface area contributed by atoms with Crippen molar-refractivity contribution < 1.29 is 9.21 Å². The topological polar surface area (TPSA) is 45.5 Å². The van der Waals surface area contributed by atoms with Gasteiger partial charge in [0.2, 0.25) is 0 Å². The number of halogens is 2. The van der Waals surface area contributed by atoms with Crippen LogP contribution in [0.15, 0.2) is 33.2 Å². The summed E-state index contributed by atoms with van der Waals surface area (Å²) in [6.45, 7) is 4.72. The van der Waals surface area contributed by atoms with Crippen LogP contribution in [0.1, 0.15) is 30.3 Å². The van der Waals surface area contributed by atoms with E-state index in [1.54, 1.807) is 0 Å². The summed E-state index contributed by atoms with van der Waals surface area (Å²) < 4.78 is 6.73. The first-order valence-electron chi connectivity index (χ1n) is 7.40. The minimum Gasteiger partial charge on any atom is -0.451 e. The van der Waals surface area contributed by atoms with Crippen LogP contribution in [-0.4, -0.2) is 36.5 Å². The van der Waals surface area contributed by atoms with E-state index in [9.17, 15) is 4.79 Å². The number of hydrogen-bond acceptors (Lipinski definition) is 3. The maximum atomic E-state index is 12.8. The first kappa shape index (κ1) is 17.3. The van der Waals surface area contributed by atoms with Crippen LogP contribution in [-0.2, 0) is 0 Å². The first-order valence-corrected chi connectivity index (χ1v) is 8.19. The molecule has 0 aliphatic carbocycles. The molecule has 1 aromatic heterocycles. The molecule has 3 rings (SSSR count). The highest BCUT2D eigenvalue weighted by molar-refractivity contribution is 9.10. The second-order valence-corrected chi connectivity index (χ2v) is 6.35. The fraction of sp³-hybridized carbons (Fsp3) is 0.438. The number of hydrogen-bond donors (Lipinski definition) is 1. The van der Waals surface area contributed by atoms with Crippen molar-refractivity contribution in [3.8, 4) is 0 Å². The van der Waals surface area contributed by atoms with E-state index in [2.05, 4.69) is 28.2 Å². The maximum Gasteiger partial charge on any atom is 0.289 e. The number of fused-ring (bicyclic) bond motifs is 1. The lowest BCUT2D eigenvalue weighted by Crippen LogP contribution is -2.41. The molecule has 22 heavy (non-hydrogen) atoms. The lowest BCUT2D eigenvalue weighted by molar-refractivity contribution is 0.0662. The van der Waals surface area contributed by atoms with Gasteiger partial charge in [0.15, 0.2) is 5.76 Å². The minimum absolute atomic E-state index is 0. The van der Waals surface area contributed by atoms with Gasteiger partial charge in [0.05, 0.1) is 0 Å². The van der Waals surface area contributed by atoms with Crippen molar-refractivity contribution >= 4 is 45.2 Å². The number of rotatable bonds is 4. The van der Waals surface area contributed by atoms with Gasteiger partial charge in [-0.15, -0.1) is 12.4 Å². The fourth-order valence-corrected chi connectivity index (χ4v) is 3.24. The number of amides is 1. The van der Waals surface area contributed by atoms with E-state index in [0.29, 0.717) is 5.76 Å². The molecule has 1 atom stereocenters. The molecule has 1 saturated heterocycles. The Morgan fingerprint density at radius 1 is 1.45 bits per heavy atom. The van der Waals surface area contributed by atoms with Crippen molar-refractivity contribution in [3.63, 3.8) is 0 Å². The van der Waals surface area contributed by atoms with Gasteiger partial charge in [-0.25, -0.2) is 0 Å². The average molecular weight is 388 g/mol. The van der Waals surface area contributed by atoms with Crippen molar-refractivity contribution in [2.45, 2.75) is 25.8 Å².